The van der Waals surface area contributed by atoms with Crippen molar-refractivity contribution in [2.75, 3.05) is 6.54 Å². The number of nitrogens with zero attached hydrogens (tertiary/aromatic N) is 4. The van der Waals surface area contributed by atoms with Gasteiger partial charge in [0, 0.05) is 30.9 Å². The highest BCUT2D eigenvalue weighted by atomic mass is 32.1. The van der Waals surface area contributed by atoms with Crippen LogP contribution in [-0.4, -0.2) is 32.1 Å². The molecule has 0 aromatic carbocycles. The molecule has 0 spiro atoms. The molecule has 2 aromatic heterocycles. The lowest BCUT2D eigenvalue weighted by atomic mass is 10.0. The van der Waals surface area contributed by atoms with Crippen LogP contribution < -0.4 is 0 Å². The van der Waals surface area contributed by atoms with E-state index in [-0.39, 0.29) is 11.9 Å². The molecule has 1 saturated heterocycles. The Kier molecular flexibility index (Phi) is 4.05. The minimum absolute atomic E-state index is 0.154. The van der Waals surface area contributed by atoms with E-state index in [9.17, 15) is 4.79 Å². The molecule has 2 aromatic rings. The second kappa shape index (κ2) is 5.97. The molecule has 0 saturated carbocycles. The summed E-state index contributed by atoms with van der Waals surface area (Å²) in [4.78, 5) is 19.2. The zero-order chi connectivity index (χ0) is 14.8. The van der Waals surface area contributed by atoms with Gasteiger partial charge >= 0.3 is 0 Å². The highest BCUT2D eigenvalue weighted by Gasteiger charge is 2.29. The first kappa shape index (κ1) is 14.3. The number of thiazole rings is 1. The molecule has 0 aliphatic carbocycles. The molecule has 1 fully saturated rings. The first-order chi connectivity index (χ1) is 10.1. The van der Waals surface area contributed by atoms with Crippen LogP contribution in [0.5, 0.6) is 0 Å². The van der Waals surface area contributed by atoms with Crippen molar-refractivity contribution in [1.82, 2.24) is 19.7 Å². The van der Waals surface area contributed by atoms with Crippen LogP contribution in [0, 0.1) is 6.92 Å². The van der Waals surface area contributed by atoms with E-state index >= 15 is 0 Å². The van der Waals surface area contributed by atoms with E-state index < -0.39 is 0 Å². The van der Waals surface area contributed by atoms with Crippen molar-refractivity contribution >= 4 is 17.2 Å². The van der Waals surface area contributed by atoms with Gasteiger partial charge in [0.15, 0.2) is 0 Å². The first-order valence-electron chi connectivity index (χ1n) is 7.32. The van der Waals surface area contributed by atoms with Crippen LogP contribution in [0.4, 0.5) is 0 Å². The van der Waals surface area contributed by atoms with E-state index in [1.54, 1.807) is 22.2 Å². The molecule has 1 atom stereocenters. The van der Waals surface area contributed by atoms with Crippen LogP contribution in [-0.2, 0) is 18.3 Å². The Bertz CT molecular complexity index is 633. The maximum Gasteiger partial charge on any atom is 0.227 e. The Morgan fingerprint density at radius 1 is 1.48 bits per heavy atom. The number of likely N-dealkylation sites (tertiary alicyclic amines) is 1. The highest BCUT2D eigenvalue weighted by molar-refractivity contribution is 7.09. The monoisotopic (exact) mass is 304 g/mol. The van der Waals surface area contributed by atoms with E-state index in [4.69, 9.17) is 0 Å². The molecule has 112 valence electrons. The van der Waals surface area contributed by atoms with Gasteiger partial charge in [-0.2, -0.15) is 5.10 Å². The van der Waals surface area contributed by atoms with Crippen molar-refractivity contribution in [3.05, 3.63) is 34.0 Å². The van der Waals surface area contributed by atoms with Crippen LogP contribution in [0.25, 0.3) is 0 Å². The number of hydrogen-bond acceptors (Lipinski definition) is 4. The summed E-state index contributed by atoms with van der Waals surface area (Å²) >= 11 is 1.67. The number of piperidine rings is 1. The molecule has 1 aliphatic rings. The molecule has 1 aliphatic heterocycles. The SMILES string of the molecule is Cc1csc([C@@H]2CCCCN2C(=O)Cc2cnn(C)c2)n1. The summed E-state index contributed by atoms with van der Waals surface area (Å²) in [5, 5.41) is 7.27. The number of rotatable bonds is 3. The molecule has 1 amide bonds. The number of carbonyl (C=O) groups excluding carboxylic acids is 1. The topological polar surface area (TPSA) is 51.0 Å². The normalized spacial score (nSPS) is 19.0. The van der Waals surface area contributed by atoms with Crippen molar-refractivity contribution in [1.29, 1.82) is 0 Å². The summed E-state index contributed by atoms with van der Waals surface area (Å²) in [5.41, 5.74) is 2.02. The fourth-order valence-corrected chi connectivity index (χ4v) is 3.79. The molecule has 6 heteroatoms. The smallest absolute Gasteiger partial charge is 0.227 e. The molecule has 3 heterocycles. The van der Waals surface area contributed by atoms with Gasteiger partial charge in [0.25, 0.3) is 0 Å². The predicted octanol–water partition coefficient (Wildman–Crippen LogP) is 2.48. The summed E-state index contributed by atoms with van der Waals surface area (Å²) < 4.78 is 1.74. The fourth-order valence-electron chi connectivity index (χ4n) is 2.85. The molecule has 3 rings (SSSR count). The maximum absolute atomic E-state index is 12.6. The molecule has 5 nitrogen and oxygen atoms in total. The van der Waals surface area contributed by atoms with Gasteiger partial charge in [0.1, 0.15) is 5.01 Å². The largest absolute Gasteiger partial charge is 0.333 e. The summed E-state index contributed by atoms with van der Waals surface area (Å²) in [7, 11) is 1.87. The standard InChI is InChI=1S/C15H20N4OS/c1-11-10-21-15(17-11)13-5-3-4-6-19(13)14(20)7-12-8-16-18(2)9-12/h8-10,13H,3-7H2,1-2H3/t13-/m0/s1. The van der Waals surface area contributed by atoms with Gasteiger partial charge in [-0.15, -0.1) is 11.3 Å². The second-order valence-electron chi connectivity index (χ2n) is 5.62. The van der Waals surface area contributed by atoms with Crippen molar-refractivity contribution in [3.8, 4) is 0 Å². The van der Waals surface area contributed by atoms with Crippen LogP contribution in [0.3, 0.4) is 0 Å². The van der Waals surface area contributed by atoms with Gasteiger partial charge in [-0.1, -0.05) is 0 Å². The van der Waals surface area contributed by atoms with Gasteiger partial charge in [0.05, 0.1) is 18.7 Å². The number of aromatic nitrogens is 3. The quantitative estimate of drug-likeness (QED) is 0.875. The lowest BCUT2D eigenvalue weighted by molar-refractivity contribution is -0.134. The number of aryl methyl sites for hydroxylation is 2. The average Bonchev–Trinajstić information content (AvgIpc) is 3.07. The Hall–Kier alpha value is -1.69. The van der Waals surface area contributed by atoms with Crippen molar-refractivity contribution in [2.24, 2.45) is 7.05 Å². The Morgan fingerprint density at radius 3 is 3.00 bits per heavy atom. The van der Waals surface area contributed by atoms with Crippen molar-refractivity contribution in [2.45, 2.75) is 38.6 Å². The van der Waals surface area contributed by atoms with E-state index in [0.29, 0.717) is 6.42 Å². The van der Waals surface area contributed by atoms with Gasteiger partial charge in [-0.3, -0.25) is 9.48 Å². The third-order valence-electron chi connectivity index (χ3n) is 3.86. The summed E-state index contributed by atoms with van der Waals surface area (Å²) in [6.07, 6.45) is 7.37. The highest BCUT2D eigenvalue weighted by Crippen LogP contribution is 2.33. The minimum atomic E-state index is 0.154. The van der Waals surface area contributed by atoms with Crippen LogP contribution in [0.2, 0.25) is 0 Å². The van der Waals surface area contributed by atoms with Crippen molar-refractivity contribution < 1.29 is 4.79 Å². The Morgan fingerprint density at radius 2 is 2.33 bits per heavy atom. The Balaban J connectivity index is 1.75. The zero-order valence-electron chi connectivity index (χ0n) is 12.5. The lowest BCUT2D eigenvalue weighted by Crippen LogP contribution is -2.39. The molecular formula is C15H20N4OS. The van der Waals surface area contributed by atoms with E-state index in [1.165, 1.54) is 6.42 Å². The number of carbonyl (C=O) groups is 1. The fraction of sp³-hybridized carbons (Fsp3) is 0.533. The van der Waals surface area contributed by atoms with Crippen LogP contribution in [0.1, 0.15) is 41.6 Å². The number of hydrogen-bond donors (Lipinski definition) is 0. The molecule has 0 radical (unpaired) electrons. The Labute approximate surface area is 128 Å². The van der Waals surface area contributed by atoms with Gasteiger partial charge in [-0.05, 0) is 31.7 Å². The minimum Gasteiger partial charge on any atom is -0.333 e. The maximum atomic E-state index is 12.6. The lowest BCUT2D eigenvalue weighted by Gasteiger charge is -2.34. The third-order valence-corrected chi connectivity index (χ3v) is 4.92. The first-order valence-corrected chi connectivity index (χ1v) is 8.20. The summed E-state index contributed by atoms with van der Waals surface area (Å²) in [6, 6.07) is 0.154. The van der Waals surface area contributed by atoms with Crippen LogP contribution >= 0.6 is 11.3 Å². The van der Waals surface area contributed by atoms with Gasteiger partial charge in [-0.25, -0.2) is 4.98 Å². The predicted molar refractivity (Wildman–Crippen MR) is 82.1 cm³/mol. The molecule has 0 bridgehead atoms. The molecular weight excluding hydrogens is 284 g/mol. The number of amides is 1. The van der Waals surface area contributed by atoms with Crippen molar-refractivity contribution in [3.63, 3.8) is 0 Å². The van der Waals surface area contributed by atoms with E-state index in [2.05, 4.69) is 15.5 Å². The second-order valence-corrected chi connectivity index (χ2v) is 6.51. The van der Waals surface area contributed by atoms with E-state index in [1.807, 2.05) is 25.1 Å². The molecule has 0 unspecified atom stereocenters. The van der Waals surface area contributed by atoms with Crippen LogP contribution in [0.15, 0.2) is 17.8 Å². The zero-order valence-corrected chi connectivity index (χ0v) is 13.3. The molecule has 21 heavy (non-hydrogen) atoms. The summed E-state index contributed by atoms with van der Waals surface area (Å²) in [5.74, 6) is 0.181. The third kappa shape index (κ3) is 3.15. The average molecular weight is 304 g/mol. The molecule has 0 N–H and O–H groups in total. The van der Waals surface area contributed by atoms with Gasteiger partial charge in [0.2, 0.25) is 5.91 Å². The van der Waals surface area contributed by atoms with Gasteiger partial charge < -0.3 is 4.90 Å². The van der Waals surface area contributed by atoms with E-state index in [0.717, 1.165) is 35.7 Å². The summed E-state index contributed by atoms with van der Waals surface area (Å²) in [6.45, 7) is 2.84.